The third-order valence-corrected chi connectivity index (χ3v) is 8.61. The largest absolute Gasteiger partial charge is 1.00 e. The van der Waals surface area contributed by atoms with E-state index < -0.39 is 39.2 Å². The van der Waals surface area contributed by atoms with Gasteiger partial charge in [-0.1, -0.05) is 25.5 Å². The van der Waals surface area contributed by atoms with Crippen molar-refractivity contribution in [1.29, 1.82) is 0 Å². The molecule has 1 N–H and O–H groups in total. The summed E-state index contributed by atoms with van der Waals surface area (Å²) in [5, 5.41) is 11.3. The van der Waals surface area contributed by atoms with E-state index in [-0.39, 0.29) is 71.7 Å². The van der Waals surface area contributed by atoms with Crippen molar-refractivity contribution < 1.29 is 66.2 Å². The van der Waals surface area contributed by atoms with Crippen molar-refractivity contribution in [2.75, 3.05) is 6.61 Å². The van der Waals surface area contributed by atoms with Gasteiger partial charge in [0, 0.05) is 23.2 Å². The van der Waals surface area contributed by atoms with Gasteiger partial charge in [-0.05, 0) is 49.7 Å². The fourth-order valence-corrected chi connectivity index (χ4v) is 6.99. The molecule has 8 nitrogen and oxygen atoms in total. The standard InChI is InChI=1S/C21H26O8S.Na/c1-19-7-5-13(22)9-12(19)3-4-14-15-6-8-21(25,17(24)11-29-30(26,27)28)20(15,2)10-16(23)18(14)19;/h5,7,9,14-15,18,25H,3-4,6,8,10-11H2,1-2H3,(H,26,27,28);/q;+1/p-1/t14-,15-,18+,19-,20-,21-;/m0./s1. The summed E-state index contributed by atoms with van der Waals surface area (Å²) in [6.45, 7) is 2.64. The van der Waals surface area contributed by atoms with Crippen molar-refractivity contribution in [2.45, 2.75) is 51.6 Å². The van der Waals surface area contributed by atoms with Crippen LogP contribution in [0, 0.1) is 28.6 Å². The van der Waals surface area contributed by atoms with E-state index in [1.165, 1.54) is 6.08 Å². The molecule has 0 radical (unpaired) electrons. The molecule has 0 saturated heterocycles. The Morgan fingerprint density at radius 2 is 1.97 bits per heavy atom. The van der Waals surface area contributed by atoms with E-state index in [0.29, 0.717) is 19.3 Å². The number of rotatable bonds is 4. The van der Waals surface area contributed by atoms with Crippen LogP contribution < -0.4 is 29.6 Å². The van der Waals surface area contributed by atoms with Gasteiger partial charge in [0.2, 0.25) is 10.4 Å². The number of Topliss-reactive ketones (excluding diaryl/α,β-unsaturated/α-hetero) is 2. The predicted molar refractivity (Wildman–Crippen MR) is 103 cm³/mol. The molecular formula is C21H25NaO8S. The first kappa shape index (κ1) is 25.0. The number of aliphatic hydroxyl groups is 1. The Bertz CT molecular complexity index is 1000. The van der Waals surface area contributed by atoms with E-state index >= 15 is 0 Å². The number of ketones is 3. The average molecular weight is 460 g/mol. The fourth-order valence-electron chi connectivity index (χ4n) is 6.74. The smallest absolute Gasteiger partial charge is 0.726 e. The van der Waals surface area contributed by atoms with Gasteiger partial charge in [-0.15, -0.1) is 0 Å². The van der Waals surface area contributed by atoms with Crippen LogP contribution in [0.2, 0.25) is 0 Å². The molecule has 4 aliphatic carbocycles. The van der Waals surface area contributed by atoms with Crippen LogP contribution in [0.4, 0.5) is 0 Å². The number of carbonyl (C=O) groups is 3. The van der Waals surface area contributed by atoms with Crippen LogP contribution in [0.1, 0.15) is 46.0 Å². The minimum atomic E-state index is -5.07. The molecule has 4 aliphatic rings. The molecule has 0 amide bonds. The Labute approximate surface area is 203 Å². The Kier molecular flexibility index (Phi) is 6.41. The van der Waals surface area contributed by atoms with E-state index in [0.717, 1.165) is 5.57 Å². The summed E-state index contributed by atoms with van der Waals surface area (Å²) in [5.41, 5.74) is -2.60. The van der Waals surface area contributed by atoms with Gasteiger partial charge in [-0.3, -0.25) is 18.6 Å². The first-order valence-electron chi connectivity index (χ1n) is 10.1. The maximum atomic E-state index is 13.4. The van der Waals surface area contributed by atoms with Crippen molar-refractivity contribution in [3.63, 3.8) is 0 Å². The van der Waals surface area contributed by atoms with Gasteiger partial charge in [0.15, 0.2) is 11.6 Å². The second-order valence-corrected chi connectivity index (χ2v) is 10.6. The second kappa shape index (κ2) is 7.97. The topological polar surface area (TPSA) is 138 Å². The van der Waals surface area contributed by atoms with Crippen molar-refractivity contribution in [3.8, 4) is 0 Å². The number of hydrogen-bond acceptors (Lipinski definition) is 8. The SMILES string of the molecule is C[C@]12C=CC(=O)C=C1CC[C@@H]1[C@@H]2C(=O)C[C@@]2(C)[C@H]1CC[C@]2(O)C(=O)COS(=O)(=O)[O-].[Na+]. The maximum Gasteiger partial charge on any atom is 1.00 e. The van der Waals surface area contributed by atoms with Crippen molar-refractivity contribution in [1.82, 2.24) is 0 Å². The number of carbonyl (C=O) groups excluding carboxylic acids is 3. The molecule has 0 spiro atoms. The Morgan fingerprint density at radius 3 is 2.61 bits per heavy atom. The summed E-state index contributed by atoms with van der Waals surface area (Å²) in [6.07, 6.45) is 6.84. The Balaban J connectivity index is 0.00000272. The monoisotopic (exact) mass is 460 g/mol. The first-order chi connectivity index (χ1) is 13.8. The van der Waals surface area contributed by atoms with Gasteiger partial charge in [-0.25, -0.2) is 8.42 Å². The maximum absolute atomic E-state index is 13.4. The van der Waals surface area contributed by atoms with Gasteiger partial charge in [0.25, 0.3) is 0 Å². The second-order valence-electron chi connectivity index (χ2n) is 9.53. The van der Waals surface area contributed by atoms with Gasteiger partial charge >= 0.3 is 29.6 Å². The number of allylic oxidation sites excluding steroid dienone is 4. The zero-order valence-electron chi connectivity index (χ0n) is 17.9. The summed E-state index contributed by atoms with van der Waals surface area (Å²) in [6, 6.07) is 0. The van der Waals surface area contributed by atoms with Gasteiger partial charge < -0.3 is 9.66 Å². The summed E-state index contributed by atoms with van der Waals surface area (Å²) >= 11 is 0. The molecule has 0 aromatic carbocycles. The number of hydrogen-bond donors (Lipinski definition) is 1. The van der Waals surface area contributed by atoms with E-state index in [1.807, 2.05) is 13.0 Å². The molecule has 3 fully saturated rings. The molecule has 4 rings (SSSR count). The minimum Gasteiger partial charge on any atom is -0.726 e. The quantitative estimate of drug-likeness (QED) is 0.296. The molecule has 0 heterocycles. The fraction of sp³-hybridized carbons (Fsp3) is 0.667. The Hall–Kier alpha value is -0.680. The van der Waals surface area contributed by atoms with Crippen LogP contribution in [0.5, 0.6) is 0 Å². The van der Waals surface area contributed by atoms with Crippen LogP contribution >= 0.6 is 0 Å². The normalized spacial score (nSPS) is 41.5. The van der Waals surface area contributed by atoms with Crippen LogP contribution in [0.25, 0.3) is 0 Å². The molecule has 0 aromatic rings. The molecular weight excluding hydrogens is 435 g/mol. The molecule has 0 aromatic heterocycles. The molecule has 3 saturated carbocycles. The van der Waals surface area contributed by atoms with Gasteiger partial charge in [0.1, 0.15) is 18.0 Å². The molecule has 0 unspecified atom stereocenters. The minimum absolute atomic E-state index is 0. The van der Waals surface area contributed by atoms with Gasteiger partial charge in [-0.2, -0.15) is 0 Å². The molecule has 31 heavy (non-hydrogen) atoms. The molecule has 164 valence electrons. The Morgan fingerprint density at radius 1 is 1.29 bits per heavy atom. The average Bonchev–Trinajstić information content (AvgIpc) is 2.91. The zero-order valence-corrected chi connectivity index (χ0v) is 20.7. The van der Waals surface area contributed by atoms with E-state index in [9.17, 15) is 32.5 Å². The third kappa shape index (κ3) is 3.76. The number of fused-ring (bicyclic) bond motifs is 5. The van der Waals surface area contributed by atoms with Crippen molar-refractivity contribution in [3.05, 3.63) is 23.8 Å². The summed E-state index contributed by atoms with van der Waals surface area (Å²) in [5.74, 6) is -1.57. The summed E-state index contributed by atoms with van der Waals surface area (Å²) < 4.78 is 36.3. The van der Waals surface area contributed by atoms with Crippen LogP contribution in [0.15, 0.2) is 23.8 Å². The van der Waals surface area contributed by atoms with Gasteiger partial charge in [0.05, 0.1) is 0 Å². The van der Waals surface area contributed by atoms with E-state index in [2.05, 4.69) is 4.18 Å². The molecule has 6 atom stereocenters. The summed E-state index contributed by atoms with van der Waals surface area (Å²) in [7, 11) is -5.07. The van der Waals surface area contributed by atoms with Crippen molar-refractivity contribution >= 4 is 27.7 Å². The van der Waals surface area contributed by atoms with Crippen LogP contribution in [0.3, 0.4) is 0 Å². The molecule has 0 bridgehead atoms. The van der Waals surface area contributed by atoms with E-state index in [4.69, 9.17) is 0 Å². The third-order valence-electron chi connectivity index (χ3n) is 8.20. The van der Waals surface area contributed by atoms with Crippen molar-refractivity contribution in [2.24, 2.45) is 28.6 Å². The summed E-state index contributed by atoms with van der Waals surface area (Å²) in [4.78, 5) is 38.0. The first-order valence-corrected chi connectivity index (χ1v) is 11.5. The predicted octanol–water partition coefficient (Wildman–Crippen LogP) is -1.75. The zero-order chi connectivity index (χ0) is 22.1. The molecule has 0 aliphatic heterocycles. The van der Waals surface area contributed by atoms with Crippen LogP contribution in [-0.4, -0.2) is 47.6 Å². The van der Waals surface area contributed by atoms with Crippen LogP contribution in [-0.2, 0) is 29.0 Å². The molecule has 10 heteroatoms. The van der Waals surface area contributed by atoms with E-state index in [1.54, 1.807) is 13.0 Å².